The van der Waals surface area contributed by atoms with Gasteiger partial charge in [0.25, 0.3) is 0 Å². The summed E-state index contributed by atoms with van der Waals surface area (Å²) in [5, 5.41) is 7.13. The Hall–Kier alpha value is -3.24. The first kappa shape index (κ1) is 18.1. The number of carbonyl (C=O) groups excluding carboxylic acids is 1. The Balaban J connectivity index is 1.34. The van der Waals surface area contributed by atoms with Crippen LogP contribution in [0.2, 0.25) is 0 Å². The van der Waals surface area contributed by atoms with E-state index >= 15 is 0 Å². The molecule has 0 aliphatic rings. The van der Waals surface area contributed by atoms with Crippen molar-refractivity contribution in [3.63, 3.8) is 0 Å². The molecule has 1 N–H and O–H groups in total. The first-order valence-electron chi connectivity index (χ1n) is 9.15. The van der Waals surface area contributed by atoms with E-state index in [1.165, 1.54) is 5.56 Å². The van der Waals surface area contributed by atoms with Gasteiger partial charge in [0.15, 0.2) is 0 Å². The van der Waals surface area contributed by atoms with Crippen molar-refractivity contribution in [2.45, 2.75) is 13.0 Å². The Morgan fingerprint density at radius 3 is 2.36 bits per heavy atom. The van der Waals surface area contributed by atoms with Gasteiger partial charge in [-0.05, 0) is 50.7 Å². The van der Waals surface area contributed by atoms with Crippen molar-refractivity contribution in [1.82, 2.24) is 10.3 Å². The van der Waals surface area contributed by atoms with E-state index in [4.69, 9.17) is 0 Å². The summed E-state index contributed by atoms with van der Waals surface area (Å²) in [6, 6.07) is 22.5. The number of amides is 1. The van der Waals surface area contributed by atoms with Crippen LogP contribution in [0.5, 0.6) is 0 Å². The van der Waals surface area contributed by atoms with Crippen LogP contribution in [-0.4, -0.2) is 10.9 Å². The third-order valence-electron chi connectivity index (χ3n) is 4.56. The summed E-state index contributed by atoms with van der Waals surface area (Å²) >= 11 is 1.66. The first-order chi connectivity index (χ1) is 13.8. The Kier molecular flexibility index (Phi) is 5.59. The molecule has 0 saturated heterocycles. The number of carbonyl (C=O) groups is 1. The maximum atomic E-state index is 12.3. The maximum absolute atomic E-state index is 12.3. The molecule has 4 heteroatoms. The molecule has 2 aromatic carbocycles. The second-order valence-electron chi connectivity index (χ2n) is 6.61. The molecule has 0 fully saturated rings. The van der Waals surface area contributed by atoms with Crippen LogP contribution >= 0.6 is 11.3 Å². The predicted octanol–water partition coefficient (Wildman–Crippen LogP) is 5.34. The van der Waals surface area contributed by atoms with E-state index in [0.29, 0.717) is 13.0 Å². The van der Waals surface area contributed by atoms with Crippen LogP contribution < -0.4 is 5.32 Å². The lowest BCUT2D eigenvalue weighted by Gasteiger charge is -2.08. The lowest BCUT2D eigenvalue weighted by atomic mass is 10.0. The number of aromatic nitrogens is 1. The molecule has 0 atom stereocenters. The van der Waals surface area contributed by atoms with E-state index in [1.807, 2.05) is 41.9 Å². The molecule has 0 aliphatic carbocycles. The number of nitrogens with one attached hydrogen (secondary N) is 1. The number of pyridine rings is 1. The van der Waals surface area contributed by atoms with E-state index in [-0.39, 0.29) is 5.91 Å². The van der Waals surface area contributed by atoms with Crippen molar-refractivity contribution in [1.29, 1.82) is 0 Å². The highest BCUT2D eigenvalue weighted by atomic mass is 32.1. The smallest absolute Gasteiger partial charge is 0.224 e. The van der Waals surface area contributed by atoms with Crippen LogP contribution in [0.15, 0.2) is 89.9 Å². The Morgan fingerprint density at radius 2 is 1.61 bits per heavy atom. The fraction of sp³-hybridized carbons (Fsp3) is 0.0833. The Bertz CT molecular complexity index is 1040. The monoisotopic (exact) mass is 384 g/mol. The highest BCUT2D eigenvalue weighted by Gasteiger charge is 2.06. The number of nitrogens with zero attached hydrogens (tertiary/aromatic N) is 1. The predicted molar refractivity (Wildman–Crippen MR) is 115 cm³/mol. The lowest BCUT2D eigenvalue weighted by Crippen LogP contribution is -2.24. The topological polar surface area (TPSA) is 42.0 Å². The number of benzene rings is 2. The van der Waals surface area contributed by atoms with Crippen LogP contribution in [0.4, 0.5) is 0 Å². The average molecular weight is 385 g/mol. The molecule has 0 bridgehead atoms. The van der Waals surface area contributed by atoms with Crippen LogP contribution in [0.1, 0.15) is 11.1 Å². The minimum atomic E-state index is 0.00778. The molecule has 0 radical (unpaired) electrons. The molecule has 28 heavy (non-hydrogen) atoms. The van der Waals surface area contributed by atoms with Gasteiger partial charge in [0, 0.05) is 24.5 Å². The second kappa shape index (κ2) is 8.63. The van der Waals surface area contributed by atoms with Crippen molar-refractivity contribution in [3.8, 4) is 22.3 Å². The van der Waals surface area contributed by atoms with E-state index in [1.54, 1.807) is 17.5 Å². The van der Waals surface area contributed by atoms with E-state index in [2.05, 4.69) is 52.1 Å². The normalized spacial score (nSPS) is 10.6. The van der Waals surface area contributed by atoms with Crippen molar-refractivity contribution in [3.05, 3.63) is 101 Å². The zero-order valence-corrected chi connectivity index (χ0v) is 16.2. The zero-order chi connectivity index (χ0) is 19.2. The fourth-order valence-corrected chi connectivity index (χ4v) is 3.73. The van der Waals surface area contributed by atoms with Gasteiger partial charge in [0.05, 0.1) is 6.42 Å². The number of hydrogen-bond acceptors (Lipinski definition) is 3. The fourth-order valence-electron chi connectivity index (χ4n) is 3.07. The molecule has 138 valence electrons. The summed E-state index contributed by atoms with van der Waals surface area (Å²) in [5.74, 6) is 0.00778. The molecular formula is C24H20N2OS. The molecule has 0 unspecified atom stereocenters. The van der Waals surface area contributed by atoms with Crippen LogP contribution in [0, 0.1) is 0 Å². The van der Waals surface area contributed by atoms with Crippen molar-refractivity contribution >= 4 is 17.2 Å². The molecule has 1 amide bonds. The minimum absolute atomic E-state index is 0.00778. The molecule has 2 heterocycles. The van der Waals surface area contributed by atoms with Crippen LogP contribution in [0.25, 0.3) is 22.3 Å². The summed E-state index contributed by atoms with van der Waals surface area (Å²) in [7, 11) is 0. The number of hydrogen-bond donors (Lipinski definition) is 1. The highest BCUT2D eigenvalue weighted by molar-refractivity contribution is 7.08. The molecule has 0 aliphatic heterocycles. The van der Waals surface area contributed by atoms with Gasteiger partial charge in [0.1, 0.15) is 0 Å². The standard InChI is InChI=1S/C24H20N2OS/c27-24(13-18-6-8-21(9-7-18)20-4-2-1-3-5-20)26-15-19-12-23(16-25-14-19)22-10-11-28-17-22/h1-12,14,16-17H,13,15H2,(H,26,27). The van der Waals surface area contributed by atoms with Crippen LogP contribution in [-0.2, 0) is 17.8 Å². The van der Waals surface area contributed by atoms with Crippen molar-refractivity contribution in [2.24, 2.45) is 0 Å². The number of rotatable bonds is 6. The largest absolute Gasteiger partial charge is 0.352 e. The van der Waals surface area contributed by atoms with Gasteiger partial charge < -0.3 is 5.32 Å². The molecular weight excluding hydrogens is 364 g/mol. The third kappa shape index (κ3) is 4.53. The summed E-state index contributed by atoms with van der Waals surface area (Å²) in [4.78, 5) is 16.6. The molecule has 4 aromatic rings. The summed E-state index contributed by atoms with van der Waals surface area (Å²) in [5.41, 5.74) is 6.56. The quantitative estimate of drug-likeness (QED) is 0.488. The summed E-state index contributed by atoms with van der Waals surface area (Å²) in [6.45, 7) is 0.478. The molecule has 0 saturated carbocycles. The van der Waals surface area contributed by atoms with Crippen LogP contribution in [0.3, 0.4) is 0 Å². The van der Waals surface area contributed by atoms with E-state index < -0.39 is 0 Å². The van der Waals surface area contributed by atoms with Gasteiger partial charge in [-0.2, -0.15) is 11.3 Å². The van der Waals surface area contributed by atoms with Gasteiger partial charge in [-0.15, -0.1) is 0 Å². The van der Waals surface area contributed by atoms with E-state index in [0.717, 1.165) is 27.8 Å². The number of thiophene rings is 1. The van der Waals surface area contributed by atoms with Gasteiger partial charge >= 0.3 is 0 Å². The van der Waals surface area contributed by atoms with Gasteiger partial charge in [-0.25, -0.2) is 0 Å². The average Bonchev–Trinajstić information content (AvgIpc) is 3.29. The molecule has 3 nitrogen and oxygen atoms in total. The third-order valence-corrected chi connectivity index (χ3v) is 5.25. The highest BCUT2D eigenvalue weighted by Crippen LogP contribution is 2.22. The maximum Gasteiger partial charge on any atom is 0.224 e. The van der Waals surface area contributed by atoms with Crippen molar-refractivity contribution < 1.29 is 4.79 Å². The first-order valence-corrected chi connectivity index (χ1v) is 10.1. The Morgan fingerprint density at radius 1 is 0.821 bits per heavy atom. The SMILES string of the molecule is O=C(Cc1ccc(-c2ccccc2)cc1)NCc1cncc(-c2ccsc2)c1. The minimum Gasteiger partial charge on any atom is -0.352 e. The van der Waals surface area contributed by atoms with E-state index in [9.17, 15) is 4.79 Å². The van der Waals surface area contributed by atoms with Crippen molar-refractivity contribution in [2.75, 3.05) is 0 Å². The molecule has 2 aromatic heterocycles. The Labute approximate surface area is 168 Å². The van der Waals surface area contributed by atoms with Gasteiger partial charge in [-0.3, -0.25) is 9.78 Å². The molecule has 0 spiro atoms. The molecule has 4 rings (SSSR count). The van der Waals surface area contributed by atoms with Gasteiger partial charge in [0.2, 0.25) is 5.91 Å². The zero-order valence-electron chi connectivity index (χ0n) is 15.3. The second-order valence-corrected chi connectivity index (χ2v) is 7.39. The summed E-state index contributed by atoms with van der Waals surface area (Å²) in [6.07, 6.45) is 4.01. The van der Waals surface area contributed by atoms with Gasteiger partial charge in [-0.1, -0.05) is 54.6 Å². The lowest BCUT2D eigenvalue weighted by molar-refractivity contribution is -0.120. The summed E-state index contributed by atoms with van der Waals surface area (Å²) < 4.78 is 0.